The molecule has 1 aromatic heterocycles. The maximum Gasteiger partial charge on any atom is 0.244 e. The maximum absolute atomic E-state index is 12.9. The molecule has 1 atom stereocenters. The first-order chi connectivity index (χ1) is 9.95. The second-order valence-electron chi connectivity index (χ2n) is 4.71. The molecule has 0 aliphatic rings. The molecule has 2 aromatic rings. The number of amides is 1. The van der Waals surface area contributed by atoms with Crippen molar-refractivity contribution in [2.75, 3.05) is 0 Å². The summed E-state index contributed by atoms with van der Waals surface area (Å²) in [5, 5.41) is 2.88. The Morgan fingerprint density at radius 2 is 1.95 bits per heavy atom. The Bertz CT molecular complexity index is 663. The highest BCUT2D eigenvalue weighted by atomic mass is 35.5. The smallest absolute Gasteiger partial charge is 0.244 e. The summed E-state index contributed by atoms with van der Waals surface area (Å²) >= 11 is 7.32. The molecule has 0 bridgehead atoms. The Morgan fingerprint density at radius 3 is 2.52 bits per heavy atom. The van der Waals surface area contributed by atoms with E-state index in [4.69, 9.17) is 11.6 Å². The zero-order valence-corrected chi connectivity index (χ0v) is 13.3. The van der Waals surface area contributed by atoms with Crippen molar-refractivity contribution in [1.29, 1.82) is 0 Å². The molecule has 2 nitrogen and oxygen atoms in total. The zero-order chi connectivity index (χ0) is 15.4. The van der Waals surface area contributed by atoms with E-state index in [2.05, 4.69) is 5.32 Å². The summed E-state index contributed by atoms with van der Waals surface area (Å²) in [6, 6.07) is 9.65. The molecule has 1 heterocycles. The van der Waals surface area contributed by atoms with E-state index in [0.717, 1.165) is 16.0 Å². The first-order valence-corrected chi connectivity index (χ1v) is 7.65. The number of halogens is 2. The quantitative estimate of drug-likeness (QED) is 0.803. The Labute approximate surface area is 132 Å². The molecule has 21 heavy (non-hydrogen) atoms. The number of hydrogen-bond donors (Lipinski definition) is 1. The Morgan fingerprint density at radius 1 is 1.29 bits per heavy atom. The monoisotopic (exact) mass is 323 g/mol. The number of thiophene rings is 1. The summed E-state index contributed by atoms with van der Waals surface area (Å²) < 4.78 is 13.6. The molecule has 0 aliphatic heterocycles. The first kappa shape index (κ1) is 15.7. The van der Waals surface area contributed by atoms with Crippen molar-refractivity contribution in [3.63, 3.8) is 0 Å². The van der Waals surface area contributed by atoms with Gasteiger partial charge in [0.15, 0.2) is 0 Å². The van der Waals surface area contributed by atoms with Crippen LogP contribution in [-0.4, -0.2) is 5.91 Å². The van der Waals surface area contributed by atoms with Crippen LogP contribution < -0.4 is 5.32 Å². The summed E-state index contributed by atoms with van der Waals surface area (Å²) in [6.45, 7) is 3.72. The minimum Gasteiger partial charge on any atom is -0.345 e. The van der Waals surface area contributed by atoms with Crippen LogP contribution in [0.3, 0.4) is 0 Å². The molecule has 2 rings (SSSR count). The topological polar surface area (TPSA) is 29.1 Å². The summed E-state index contributed by atoms with van der Waals surface area (Å²) in [6.07, 6.45) is 1.51. The van der Waals surface area contributed by atoms with Crippen LogP contribution in [-0.2, 0) is 4.79 Å². The predicted molar refractivity (Wildman–Crippen MR) is 85.9 cm³/mol. The molecule has 0 spiro atoms. The van der Waals surface area contributed by atoms with Crippen molar-refractivity contribution in [2.45, 2.75) is 19.9 Å². The molecule has 5 heteroatoms. The van der Waals surface area contributed by atoms with Gasteiger partial charge in [0.05, 0.1) is 10.4 Å². The zero-order valence-electron chi connectivity index (χ0n) is 11.7. The molecule has 110 valence electrons. The molecule has 1 aromatic carbocycles. The third kappa shape index (κ3) is 4.41. The highest BCUT2D eigenvalue weighted by Crippen LogP contribution is 2.26. The lowest BCUT2D eigenvalue weighted by Crippen LogP contribution is -2.24. The average Bonchev–Trinajstić information content (AvgIpc) is 2.86. The lowest BCUT2D eigenvalue weighted by Gasteiger charge is -2.11. The average molecular weight is 324 g/mol. The van der Waals surface area contributed by atoms with Crippen molar-refractivity contribution < 1.29 is 9.18 Å². The van der Waals surface area contributed by atoms with Crippen LogP contribution in [0.2, 0.25) is 4.34 Å². The van der Waals surface area contributed by atoms with Crippen molar-refractivity contribution in [3.05, 3.63) is 63.1 Å². The minimum absolute atomic E-state index is 0.104. The number of hydrogen-bond acceptors (Lipinski definition) is 2. The summed E-state index contributed by atoms with van der Waals surface area (Å²) in [7, 11) is 0. The largest absolute Gasteiger partial charge is 0.345 e. The van der Waals surface area contributed by atoms with Crippen LogP contribution in [0.15, 0.2) is 42.5 Å². The number of benzene rings is 1. The Kier molecular flexibility index (Phi) is 5.15. The van der Waals surface area contributed by atoms with E-state index in [-0.39, 0.29) is 17.8 Å². The molecule has 1 amide bonds. The molecule has 0 saturated heterocycles. The number of carbonyl (C=O) groups is 1. The second kappa shape index (κ2) is 6.87. The van der Waals surface area contributed by atoms with Crippen LogP contribution in [0.1, 0.15) is 30.3 Å². The van der Waals surface area contributed by atoms with E-state index in [1.165, 1.54) is 29.5 Å². The number of nitrogens with one attached hydrogen (secondary N) is 1. The van der Waals surface area contributed by atoms with Gasteiger partial charge in [-0.15, -0.1) is 11.3 Å². The summed E-state index contributed by atoms with van der Waals surface area (Å²) in [4.78, 5) is 13.0. The highest BCUT2D eigenvalue weighted by Gasteiger charge is 2.10. The van der Waals surface area contributed by atoms with Gasteiger partial charge in [-0.1, -0.05) is 23.7 Å². The minimum atomic E-state index is -0.292. The van der Waals surface area contributed by atoms with Gasteiger partial charge in [-0.2, -0.15) is 0 Å². The van der Waals surface area contributed by atoms with Crippen LogP contribution in [0.5, 0.6) is 0 Å². The fourth-order valence-corrected chi connectivity index (χ4v) is 2.94. The van der Waals surface area contributed by atoms with E-state index in [1.807, 2.05) is 26.0 Å². The number of carbonyl (C=O) groups excluding carboxylic acids is 1. The molecular formula is C16H15ClFNOS. The van der Waals surface area contributed by atoms with Crippen molar-refractivity contribution in [2.24, 2.45) is 0 Å². The number of allylic oxidation sites excluding steroid dienone is 1. The second-order valence-corrected chi connectivity index (χ2v) is 6.45. The molecule has 1 N–H and O–H groups in total. The van der Waals surface area contributed by atoms with Gasteiger partial charge in [-0.25, -0.2) is 4.39 Å². The molecular weight excluding hydrogens is 309 g/mol. The van der Waals surface area contributed by atoms with Gasteiger partial charge >= 0.3 is 0 Å². The van der Waals surface area contributed by atoms with Crippen LogP contribution >= 0.6 is 22.9 Å². The van der Waals surface area contributed by atoms with Gasteiger partial charge < -0.3 is 5.32 Å². The Hall–Kier alpha value is -1.65. The van der Waals surface area contributed by atoms with Crippen molar-refractivity contribution in [1.82, 2.24) is 5.32 Å². The van der Waals surface area contributed by atoms with E-state index in [9.17, 15) is 9.18 Å². The molecule has 0 radical (unpaired) electrons. The third-order valence-electron chi connectivity index (χ3n) is 3.03. The van der Waals surface area contributed by atoms with E-state index in [1.54, 1.807) is 12.1 Å². The molecule has 1 unspecified atom stereocenters. The molecule has 0 aliphatic carbocycles. The standard InChI is InChI=1S/C16H15ClFNOS/c1-10(12-3-5-13(18)6-4-12)9-16(20)19-11(2)14-7-8-15(17)21-14/h3-9,11H,1-2H3,(H,19,20)/b10-9-. The lowest BCUT2D eigenvalue weighted by molar-refractivity contribution is -0.117. The van der Waals surface area contributed by atoms with Crippen molar-refractivity contribution in [3.8, 4) is 0 Å². The Balaban J connectivity index is 2.03. The van der Waals surface area contributed by atoms with Crippen LogP contribution in [0, 0.1) is 5.82 Å². The molecule has 0 saturated carbocycles. The van der Waals surface area contributed by atoms with Gasteiger partial charge in [0.2, 0.25) is 5.91 Å². The van der Waals surface area contributed by atoms with Gasteiger partial charge in [0, 0.05) is 11.0 Å². The summed E-state index contributed by atoms with van der Waals surface area (Å²) in [5.41, 5.74) is 1.60. The van der Waals surface area contributed by atoms with Crippen LogP contribution in [0.4, 0.5) is 4.39 Å². The number of rotatable bonds is 4. The first-order valence-electron chi connectivity index (χ1n) is 6.45. The van der Waals surface area contributed by atoms with Gasteiger partial charge in [-0.3, -0.25) is 4.79 Å². The van der Waals surface area contributed by atoms with Gasteiger partial charge in [0.25, 0.3) is 0 Å². The van der Waals surface area contributed by atoms with Crippen LogP contribution in [0.25, 0.3) is 5.57 Å². The fourth-order valence-electron chi connectivity index (χ4n) is 1.88. The normalized spacial score (nSPS) is 13.0. The van der Waals surface area contributed by atoms with Gasteiger partial charge in [0.1, 0.15) is 5.82 Å². The maximum atomic E-state index is 12.9. The summed E-state index contributed by atoms with van der Waals surface area (Å²) in [5.74, 6) is -0.479. The van der Waals surface area contributed by atoms with Gasteiger partial charge in [-0.05, 0) is 49.2 Å². The lowest BCUT2D eigenvalue weighted by atomic mass is 10.1. The molecule has 0 fully saturated rings. The van der Waals surface area contributed by atoms with Crippen molar-refractivity contribution >= 4 is 34.4 Å². The van der Waals surface area contributed by atoms with E-state index >= 15 is 0 Å². The fraction of sp³-hybridized carbons (Fsp3) is 0.188. The van der Waals surface area contributed by atoms with E-state index in [0.29, 0.717) is 4.34 Å². The highest BCUT2D eigenvalue weighted by molar-refractivity contribution is 7.16. The SMILES string of the molecule is C/C(=C/C(=O)NC(C)c1ccc(Cl)s1)c1ccc(F)cc1. The predicted octanol–water partition coefficient (Wildman–Crippen LogP) is 4.82. The third-order valence-corrected chi connectivity index (χ3v) is 4.44. The van der Waals surface area contributed by atoms with E-state index < -0.39 is 0 Å².